The minimum atomic E-state index is -4.77. The van der Waals surface area contributed by atoms with Gasteiger partial charge >= 0.3 is 6.36 Å². The minimum Gasteiger partial charge on any atom is -0.406 e. The van der Waals surface area contributed by atoms with E-state index in [0.717, 1.165) is 4.47 Å². The van der Waals surface area contributed by atoms with Gasteiger partial charge < -0.3 is 14.6 Å². The molecule has 0 aliphatic carbocycles. The number of alkyl halides is 3. The van der Waals surface area contributed by atoms with Gasteiger partial charge in [0.05, 0.1) is 4.90 Å². The van der Waals surface area contributed by atoms with Gasteiger partial charge in [0.1, 0.15) is 11.6 Å². The topological polar surface area (TPSA) is 119 Å². The number of benzene rings is 3. The van der Waals surface area contributed by atoms with Gasteiger partial charge in [-0.3, -0.25) is 4.72 Å². The Morgan fingerprint density at radius 3 is 2.20 bits per heavy atom. The third-order valence-corrected chi connectivity index (χ3v) is 7.24. The second kappa shape index (κ2) is 11.0. The van der Waals surface area contributed by atoms with Gasteiger partial charge in [0.2, 0.25) is 5.82 Å². The van der Waals surface area contributed by atoms with Crippen LogP contribution < -0.4 is 14.8 Å². The highest BCUT2D eigenvalue weighted by Crippen LogP contribution is 2.28. The predicted octanol–water partition coefficient (Wildman–Crippen LogP) is 7.00. The molecule has 0 aliphatic rings. The highest BCUT2D eigenvalue weighted by atomic mass is 79.9. The second-order valence-corrected chi connectivity index (χ2v) is 10.8. The van der Waals surface area contributed by atoms with E-state index in [2.05, 4.69) is 45.8 Å². The third kappa shape index (κ3) is 6.76. The number of halogens is 4. The lowest BCUT2D eigenvalue weighted by Crippen LogP contribution is -2.16. The molecule has 2 N–H and O–H groups in total. The first kappa shape index (κ1) is 27.1. The summed E-state index contributed by atoms with van der Waals surface area (Å²) >= 11 is 3.28. The summed E-state index contributed by atoms with van der Waals surface area (Å²) in [6, 6.07) is 21.2. The van der Waals surface area contributed by atoms with Crippen molar-refractivity contribution < 1.29 is 30.8 Å². The number of anilines is 3. The molecule has 2 aromatic heterocycles. The maximum atomic E-state index is 12.6. The van der Waals surface area contributed by atoms with E-state index in [9.17, 15) is 21.6 Å². The summed E-state index contributed by atoms with van der Waals surface area (Å²) in [4.78, 5) is 8.74. The normalized spacial score (nSPS) is 11.7. The van der Waals surface area contributed by atoms with Crippen LogP contribution in [0, 0.1) is 0 Å². The van der Waals surface area contributed by atoms with Gasteiger partial charge in [0.15, 0.2) is 0 Å². The predicted molar refractivity (Wildman–Crippen MR) is 144 cm³/mol. The zero-order chi connectivity index (χ0) is 28.3. The molecule has 0 saturated heterocycles. The van der Waals surface area contributed by atoms with Crippen LogP contribution in [0.5, 0.6) is 5.75 Å². The largest absolute Gasteiger partial charge is 0.573 e. The van der Waals surface area contributed by atoms with Crippen molar-refractivity contribution in [2.75, 3.05) is 10.0 Å². The molecule has 0 aliphatic heterocycles. The van der Waals surface area contributed by atoms with Crippen molar-refractivity contribution in [3.63, 3.8) is 0 Å². The molecular formula is C26H17BrF3N5O4S. The molecule has 0 unspecified atom stereocenters. The van der Waals surface area contributed by atoms with E-state index in [-0.39, 0.29) is 22.4 Å². The van der Waals surface area contributed by atoms with Crippen molar-refractivity contribution in [1.29, 1.82) is 0 Å². The van der Waals surface area contributed by atoms with Crippen LogP contribution in [0.3, 0.4) is 0 Å². The number of aromatic nitrogens is 3. The summed E-state index contributed by atoms with van der Waals surface area (Å²) in [6.45, 7) is 0. The van der Waals surface area contributed by atoms with Crippen molar-refractivity contribution in [2.24, 2.45) is 0 Å². The van der Waals surface area contributed by atoms with Gasteiger partial charge in [-0.05, 0) is 84.9 Å². The highest BCUT2D eigenvalue weighted by Gasteiger charge is 2.31. The standard InChI is InChI=1S/C26H17BrF3N5O4S/c27-18-3-11-22(12-4-18)40(36,37)35-20-5-1-16(2-6-20)25-33-24(34-39-25)17-13-14-31-23(15-17)32-19-7-9-21(10-8-19)38-26(28,29)30/h1-15,35H,(H,31,32). The summed E-state index contributed by atoms with van der Waals surface area (Å²) < 4.78 is 74.8. The van der Waals surface area contributed by atoms with Crippen LogP contribution in [0.15, 0.2) is 105 Å². The SMILES string of the molecule is O=S(=O)(Nc1ccc(-c2nc(-c3ccnc(Nc4ccc(OC(F)(F)F)cc4)c3)no2)cc1)c1ccc(Br)cc1. The molecule has 3 aromatic carbocycles. The molecule has 0 fully saturated rings. The Hall–Kier alpha value is -4.43. The molecule has 40 heavy (non-hydrogen) atoms. The second-order valence-electron chi connectivity index (χ2n) is 8.19. The average Bonchev–Trinajstić information content (AvgIpc) is 3.40. The molecule has 9 nitrogen and oxygen atoms in total. The first-order valence-electron chi connectivity index (χ1n) is 11.4. The van der Waals surface area contributed by atoms with Crippen LogP contribution in [0.1, 0.15) is 0 Å². The number of nitrogens with zero attached hydrogens (tertiary/aromatic N) is 3. The Morgan fingerprint density at radius 2 is 1.52 bits per heavy atom. The first-order chi connectivity index (χ1) is 19.0. The third-order valence-electron chi connectivity index (χ3n) is 5.31. The zero-order valence-electron chi connectivity index (χ0n) is 20.1. The van der Waals surface area contributed by atoms with Crippen LogP contribution in [0.25, 0.3) is 22.8 Å². The van der Waals surface area contributed by atoms with Crippen LogP contribution in [-0.2, 0) is 10.0 Å². The van der Waals surface area contributed by atoms with E-state index in [1.54, 1.807) is 48.5 Å². The lowest BCUT2D eigenvalue weighted by atomic mass is 10.2. The van der Waals surface area contributed by atoms with E-state index in [4.69, 9.17) is 4.52 Å². The molecule has 14 heteroatoms. The Bertz CT molecular complexity index is 1730. The lowest BCUT2D eigenvalue weighted by molar-refractivity contribution is -0.274. The molecule has 0 radical (unpaired) electrons. The number of hydrogen-bond acceptors (Lipinski definition) is 8. The van der Waals surface area contributed by atoms with Crippen molar-refractivity contribution in [3.05, 3.63) is 95.6 Å². The summed E-state index contributed by atoms with van der Waals surface area (Å²) in [6.07, 6.45) is -3.25. The Kier molecular flexibility index (Phi) is 7.45. The number of rotatable bonds is 8. The van der Waals surface area contributed by atoms with E-state index < -0.39 is 16.4 Å². The molecular weight excluding hydrogens is 615 g/mol. The smallest absolute Gasteiger partial charge is 0.406 e. The van der Waals surface area contributed by atoms with Crippen molar-refractivity contribution in [1.82, 2.24) is 15.1 Å². The van der Waals surface area contributed by atoms with Gasteiger partial charge in [0.25, 0.3) is 15.9 Å². The number of ether oxygens (including phenoxy) is 1. The van der Waals surface area contributed by atoms with Gasteiger partial charge in [-0.2, -0.15) is 4.98 Å². The molecule has 0 atom stereocenters. The van der Waals surface area contributed by atoms with Crippen LogP contribution in [0.2, 0.25) is 0 Å². The maximum Gasteiger partial charge on any atom is 0.573 e. The van der Waals surface area contributed by atoms with Crippen molar-refractivity contribution >= 4 is 43.1 Å². The monoisotopic (exact) mass is 631 g/mol. The van der Waals surface area contributed by atoms with Gasteiger partial charge in [-0.25, -0.2) is 13.4 Å². The Labute approximate surface area is 234 Å². The Morgan fingerprint density at radius 1 is 0.850 bits per heavy atom. The molecule has 2 heterocycles. The molecule has 5 rings (SSSR count). The van der Waals surface area contributed by atoms with E-state index in [0.29, 0.717) is 28.3 Å². The summed E-state index contributed by atoms with van der Waals surface area (Å²) in [5.74, 6) is 0.545. The molecule has 5 aromatic rings. The zero-order valence-corrected chi connectivity index (χ0v) is 22.5. The molecule has 204 valence electrons. The number of hydrogen-bond donors (Lipinski definition) is 2. The summed E-state index contributed by atoms with van der Waals surface area (Å²) in [7, 11) is -3.76. The van der Waals surface area contributed by atoms with Crippen LogP contribution >= 0.6 is 15.9 Å². The fourth-order valence-corrected chi connectivity index (χ4v) is 4.82. The van der Waals surface area contributed by atoms with Crippen LogP contribution in [-0.4, -0.2) is 29.9 Å². The maximum absolute atomic E-state index is 12.6. The molecule has 0 saturated carbocycles. The van der Waals surface area contributed by atoms with Gasteiger partial charge in [0, 0.05) is 33.2 Å². The van der Waals surface area contributed by atoms with E-state index in [1.807, 2.05) is 0 Å². The average molecular weight is 632 g/mol. The highest BCUT2D eigenvalue weighted by molar-refractivity contribution is 9.10. The summed E-state index contributed by atoms with van der Waals surface area (Å²) in [5.41, 5.74) is 1.99. The van der Waals surface area contributed by atoms with Crippen molar-refractivity contribution in [2.45, 2.75) is 11.3 Å². The van der Waals surface area contributed by atoms with Crippen molar-refractivity contribution in [3.8, 4) is 28.6 Å². The van der Waals surface area contributed by atoms with Crippen LogP contribution in [0.4, 0.5) is 30.4 Å². The van der Waals surface area contributed by atoms with E-state index >= 15 is 0 Å². The number of nitrogens with one attached hydrogen (secondary N) is 2. The van der Waals surface area contributed by atoms with Gasteiger partial charge in [-0.1, -0.05) is 21.1 Å². The molecule has 0 bridgehead atoms. The summed E-state index contributed by atoms with van der Waals surface area (Å²) in [5, 5.41) is 6.99. The number of pyridine rings is 1. The fourth-order valence-electron chi connectivity index (χ4n) is 3.49. The molecule has 0 amide bonds. The molecule has 0 spiro atoms. The minimum absolute atomic E-state index is 0.125. The first-order valence-corrected chi connectivity index (χ1v) is 13.6. The lowest BCUT2D eigenvalue weighted by Gasteiger charge is -2.10. The Balaban J connectivity index is 1.26. The quantitative estimate of drug-likeness (QED) is 0.188. The van der Waals surface area contributed by atoms with Gasteiger partial charge in [-0.15, -0.1) is 13.2 Å². The number of sulfonamides is 1. The van der Waals surface area contributed by atoms with E-state index in [1.165, 1.54) is 42.6 Å². The fraction of sp³-hybridized carbons (Fsp3) is 0.0385.